The Kier molecular flexibility index (Phi) is 10.4. The lowest BCUT2D eigenvalue weighted by Gasteiger charge is -2.51. The molecule has 370 valence electrons. The molecule has 2 bridgehead atoms. The molecule has 0 radical (unpaired) electrons. The summed E-state index contributed by atoms with van der Waals surface area (Å²) in [7, 11) is 0. The van der Waals surface area contributed by atoms with Crippen LogP contribution in [0.1, 0.15) is 175 Å². The molecule has 8 aliphatic carbocycles. The van der Waals surface area contributed by atoms with Gasteiger partial charge in [-0.05, 0) is 170 Å². The molecule has 4 aliphatic heterocycles. The Morgan fingerprint density at radius 1 is 0.556 bits per heavy atom. The lowest BCUT2D eigenvalue weighted by atomic mass is 9.61. The van der Waals surface area contributed by atoms with E-state index in [1.165, 1.54) is 143 Å². The van der Waals surface area contributed by atoms with Gasteiger partial charge in [-0.25, -0.2) is 0 Å². The van der Waals surface area contributed by atoms with E-state index in [1.54, 1.807) is 11.1 Å². The molecule has 14 unspecified atom stereocenters. The number of hydrogen-bond acceptors (Lipinski definition) is 6. The number of para-hydroxylation sites is 2. The van der Waals surface area contributed by atoms with Crippen molar-refractivity contribution in [1.82, 2.24) is 4.90 Å². The van der Waals surface area contributed by atoms with Gasteiger partial charge in [-0.3, -0.25) is 0 Å². The Labute approximate surface area is 430 Å². The molecule has 15 atom stereocenters. The molecule has 6 heteroatoms. The summed E-state index contributed by atoms with van der Waals surface area (Å²) >= 11 is 0. The molecule has 15 rings (SSSR count). The van der Waals surface area contributed by atoms with Crippen molar-refractivity contribution in [2.24, 2.45) is 40.9 Å². The van der Waals surface area contributed by atoms with Gasteiger partial charge in [0.15, 0.2) is 0 Å². The predicted molar refractivity (Wildman–Crippen MR) is 290 cm³/mol. The fourth-order valence-electron chi connectivity index (χ4n) is 20.2. The summed E-state index contributed by atoms with van der Waals surface area (Å²) in [4.78, 5) is 11.4. The van der Waals surface area contributed by atoms with Gasteiger partial charge in [0.05, 0.1) is 22.5 Å². The summed E-state index contributed by atoms with van der Waals surface area (Å²) < 4.78 is 0. The van der Waals surface area contributed by atoms with Crippen molar-refractivity contribution < 1.29 is 0 Å². The van der Waals surface area contributed by atoms with Crippen molar-refractivity contribution in [2.75, 3.05) is 27.8 Å². The van der Waals surface area contributed by atoms with Crippen LogP contribution >= 0.6 is 0 Å². The summed E-state index contributed by atoms with van der Waals surface area (Å²) in [6.07, 6.45) is 32.6. The molecule has 3 aromatic carbocycles. The molecule has 0 N–H and O–H groups in total. The SMILES string of the molecule is CC1(C)C2C=CC=CC2[C@H]2CCC3C4CCCCC4N(C4=C(C#N)C(C#N)=C4N4c5cc(C6CCC7CC(C6)N(CCN6c8ccccc8C8CCCCC86)c6ccccc67)ccc5C5CCCCC54)C3C21. The molecule has 12 aliphatic rings. The second-order valence-corrected chi connectivity index (χ2v) is 25.9. The normalized spacial score (nSPS) is 38.2. The molecule has 4 heterocycles. The van der Waals surface area contributed by atoms with Crippen LogP contribution < -0.4 is 14.7 Å². The minimum Gasteiger partial charge on any atom is -0.366 e. The highest BCUT2D eigenvalue weighted by atomic mass is 15.3. The van der Waals surface area contributed by atoms with E-state index in [1.807, 2.05) is 0 Å². The highest BCUT2D eigenvalue weighted by molar-refractivity contribution is 5.80. The number of likely N-dealkylation sites (tertiary alicyclic amines) is 1. The van der Waals surface area contributed by atoms with Crippen molar-refractivity contribution in [3.63, 3.8) is 0 Å². The first kappa shape index (κ1) is 44.3. The average molecular weight is 953 g/mol. The number of fused-ring (bicyclic) bond motifs is 17. The van der Waals surface area contributed by atoms with Gasteiger partial charge in [-0.2, -0.15) is 10.5 Å². The monoisotopic (exact) mass is 953 g/mol. The molecular weight excluding hydrogens is 877 g/mol. The van der Waals surface area contributed by atoms with E-state index >= 15 is 0 Å². The molecule has 0 aromatic heterocycles. The third kappa shape index (κ3) is 6.29. The average Bonchev–Trinajstić information content (AvgIpc) is 4.05. The van der Waals surface area contributed by atoms with Crippen LogP contribution in [0.2, 0.25) is 0 Å². The van der Waals surface area contributed by atoms with E-state index < -0.39 is 0 Å². The van der Waals surface area contributed by atoms with Crippen LogP contribution in [0.5, 0.6) is 0 Å². The molecule has 3 aromatic rings. The molecule has 0 amide bonds. The number of benzene rings is 3. The summed E-state index contributed by atoms with van der Waals surface area (Å²) in [5, 5.41) is 22.6. The first-order valence-electron chi connectivity index (χ1n) is 29.5. The zero-order valence-corrected chi connectivity index (χ0v) is 43.1. The van der Waals surface area contributed by atoms with Gasteiger partial charge in [0.25, 0.3) is 0 Å². The van der Waals surface area contributed by atoms with E-state index in [0.717, 1.165) is 25.2 Å². The zero-order chi connectivity index (χ0) is 48.0. The molecular formula is C66H76N6. The smallest absolute Gasteiger partial charge is 0.103 e. The fraction of sp³-hybridized carbons (Fsp3) is 0.576. The van der Waals surface area contributed by atoms with E-state index in [0.29, 0.717) is 101 Å². The highest BCUT2D eigenvalue weighted by Crippen LogP contribution is 2.68. The molecule has 72 heavy (non-hydrogen) atoms. The molecule has 6 saturated carbocycles. The Morgan fingerprint density at radius 3 is 2.00 bits per heavy atom. The maximum absolute atomic E-state index is 11.3. The first-order valence-corrected chi connectivity index (χ1v) is 29.5. The summed E-state index contributed by atoms with van der Waals surface area (Å²) in [6, 6.07) is 34.5. The Bertz CT molecular complexity index is 2900. The largest absolute Gasteiger partial charge is 0.366 e. The van der Waals surface area contributed by atoms with Crippen LogP contribution in [-0.2, 0) is 0 Å². The summed E-state index contributed by atoms with van der Waals surface area (Å²) in [5.74, 6) is 5.90. The van der Waals surface area contributed by atoms with E-state index in [4.69, 9.17) is 0 Å². The van der Waals surface area contributed by atoms with Crippen molar-refractivity contribution in [3.8, 4) is 12.1 Å². The number of nitriles is 2. The Morgan fingerprint density at radius 2 is 1.18 bits per heavy atom. The quantitative estimate of drug-likeness (QED) is 0.245. The standard InChI is InChI=1S/C66H76N6/c1-66(2)55-21-9-3-16-45(55)51-31-32-52-49-20-8-14-26-60(49)72(63(52)62(51)66)65-54(39-68)53(38-67)64(65)71-59-25-13-7-19-48(59)50-30-29-41(37-61(50)71)40-27-28-42-36-43(35-40)69(56-22-10-4-15-44(42)56)33-34-70-57-23-11-5-17-46(57)47-18-6-12-24-58(47)70/h3-5,9-11,15-17,21-23,29-30,37,40,42-43,45,47-49,51-52,55,58-60,62-63H,6-8,12-14,18-20,24-28,31-36H2,1-2H3/t40?,42?,43?,45?,47?,48?,49?,51-,52?,55?,58?,59?,60?,62?,63?/m1/s1. The molecule has 0 spiro atoms. The fourth-order valence-corrected chi connectivity index (χ4v) is 20.2. The Balaban J connectivity index is 0.784. The van der Waals surface area contributed by atoms with Crippen molar-refractivity contribution in [3.05, 3.63) is 136 Å². The van der Waals surface area contributed by atoms with Crippen LogP contribution in [0, 0.1) is 63.6 Å². The van der Waals surface area contributed by atoms with E-state index in [-0.39, 0.29) is 5.41 Å². The number of hydrogen-bond donors (Lipinski definition) is 0. The third-order valence-corrected chi connectivity index (χ3v) is 22.9. The van der Waals surface area contributed by atoms with Gasteiger partial charge in [0, 0.05) is 72.2 Å². The van der Waals surface area contributed by atoms with Crippen LogP contribution in [0.15, 0.2) is 114 Å². The van der Waals surface area contributed by atoms with Crippen LogP contribution in [0.4, 0.5) is 17.1 Å². The Hall–Kier alpha value is -5.20. The second kappa shape index (κ2) is 16.9. The lowest BCUT2D eigenvalue weighted by Crippen LogP contribution is -2.53. The highest BCUT2D eigenvalue weighted by Gasteiger charge is 2.66. The minimum atomic E-state index is 0.153. The van der Waals surface area contributed by atoms with Gasteiger partial charge in [-0.1, -0.05) is 125 Å². The van der Waals surface area contributed by atoms with Gasteiger partial charge < -0.3 is 19.6 Å². The van der Waals surface area contributed by atoms with Crippen molar-refractivity contribution >= 4 is 17.1 Å². The topological polar surface area (TPSA) is 60.5 Å². The minimum absolute atomic E-state index is 0.153. The second-order valence-electron chi connectivity index (χ2n) is 25.9. The number of nitrogens with zero attached hydrogens (tertiary/aromatic N) is 6. The number of allylic oxidation sites excluding steroid dienone is 6. The lowest BCUT2D eigenvalue weighted by molar-refractivity contribution is 0.0319. The summed E-state index contributed by atoms with van der Waals surface area (Å²) in [6.45, 7) is 7.35. The van der Waals surface area contributed by atoms with Crippen LogP contribution in [0.25, 0.3) is 0 Å². The molecule has 7 fully saturated rings. The van der Waals surface area contributed by atoms with Crippen LogP contribution in [-0.4, -0.2) is 48.2 Å². The third-order valence-electron chi connectivity index (χ3n) is 22.9. The summed E-state index contributed by atoms with van der Waals surface area (Å²) in [5.41, 5.74) is 14.3. The van der Waals surface area contributed by atoms with Crippen LogP contribution in [0.3, 0.4) is 0 Å². The van der Waals surface area contributed by atoms with Gasteiger partial charge in [0.2, 0.25) is 0 Å². The van der Waals surface area contributed by atoms with E-state index in [9.17, 15) is 10.5 Å². The van der Waals surface area contributed by atoms with Gasteiger partial charge >= 0.3 is 0 Å². The number of anilines is 3. The van der Waals surface area contributed by atoms with E-state index in [2.05, 4.69) is 137 Å². The number of rotatable bonds is 6. The predicted octanol–water partition coefficient (Wildman–Crippen LogP) is 14.6. The van der Waals surface area contributed by atoms with Crippen molar-refractivity contribution in [2.45, 2.75) is 183 Å². The van der Waals surface area contributed by atoms with Crippen molar-refractivity contribution in [1.29, 1.82) is 10.5 Å². The molecule has 6 nitrogen and oxygen atoms in total. The zero-order valence-electron chi connectivity index (χ0n) is 43.1. The maximum Gasteiger partial charge on any atom is 0.103 e. The van der Waals surface area contributed by atoms with Gasteiger partial charge in [-0.15, -0.1) is 0 Å². The molecule has 1 saturated heterocycles. The van der Waals surface area contributed by atoms with Gasteiger partial charge in [0.1, 0.15) is 12.1 Å². The first-order chi connectivity index (χ1) is 35.4. The maximum atomic E-state index is 11.3.